The van der Waals surface area contributed by atoms with Gasteiger partial charge in [0, 0.05) is 11.6 Å². The third-order valence-corrected chi connectivity index (χ3v) is 2.70. The molecule has 1 aromatic carbocycles. The number of ether oxygens (including phenoxy) is 2. The first-order valence-corrected chi connectivity index (χ1v) is 6.61. The summed E-state index contributed by atoms with van der Waals surface area (Å²) >= 11 is 10.4. The van der Waals surface area contributed by atoms with Crippen LogP contribution in [0.2, 0.25) is 0 Å². The van der Waals surface area contributed by atoms with Gasteiger partial charge in [-0.25, -0.2) is 0 Å². The van der Waals surface area contributed by atoms with Crippen molar-refractivity contribution in [1.82, 2.24) is 0 Å². The van der Waals surface area contributed by atoms with Crippen LogP contribution in [0.3, 0.4) is 0 Å². The van der Waals surface area contributed by atoms with Gasteiger partial charge in [-0.05, 0) is 43.8 Å². The van der Waals surface area contributed by atoms with Crippen LogP contribution in [-0.2, 0) is 9.47 Å². The van der Waals surface area contributed by atoms with Crippen molar-refractivity contribution in [2.75, 3.05) is 13.2 Å². The fraction of sp³-hybridized carbons (Fsp3) is 0.286. The molecule has 0 aliphatic rings. The molecular weight excluding hydrogens is 264 g/mol. The summed E-state index contributed by atoms with van der Waals surface area (Å²) in [6.45, 7) is 4.86. The van der Waals surface area contributed by atoms with Crippen molar-refractivity contribution in [2.45, 2.75) is 13.8 Å². The lowest BCUT2D eigenvalue weighted by molar-refractivity contribution is 0.337. The monoisotopic (exact) mass is 280 g/mol. The average molecular weight is 280 g/mol. The van der Waals surface area contributed by atoms with Crippen molar-refractivity contribution < 1.29 is 9.47 Å². The fourth-order valence-electron chi connectivity index (χ4n) is 1.39. The Labute approximate surface area is 119 Å². The summed E-state index contributed by atoms with van der Waals surface area (Å²) < 4.78 is 10.6. The molecule has 4 heteroatoms. The molecule has 18 heavy (non-hydrogen) atoms. The maximum atomic E-state index is 5.39. The molecule has 0 aliphatic carbocycles. The molecule has 0 unspecified atom stereocenters. The van der Waals surface area contributed by atoms with E-state index in [-0.39, 0.29) is 0 Å². The summed E-state index contributed by atoms with van der Waals surface area (Å²) in [5.74, 6) is 0. The van der Waals surface area contributed by atoms with Gasteiger partial charge in [-0.15, -0.1) is 0 Å². The van der Waals surface area contributed by atoms with Crippen LogP contribution in [0.5, 0.6) is 0 Å². The van der Waals surface area contributed by atoms with Gasteiger partial charge in [-0.3, -0.25) is 0 Å². The Kier molecular flexibility index (Phi) is 6.54. The minimum absolute atomic E-state index is 0.415. The molecule has 0 aromatic heterocycles. The van der Waals surface area contributed by atoms with Gasteiger partial charge in [0.25, 0.3) is 0 Å². The second-order valence-corrected chi connectivity index (χ2v) is 4.17. The van der Waals surface area contributed by atoms with E-state index in [2.05, 4.69) is 0 Å². The number of benzene rings is 1. The highest BCUT2D eigenvalue weighted by Crippen LogP contribution is 2.17. The SMILES string of the molecule is CCOC(=S)/C=C(\C(=S)OCC)c1ccccc1. The molecule has 0 spiro atoms. The van der Waals surface area contributed by atoms with Crippen LogP contribution < -0.4 is 0 Å². The van der Waals surface area contributed by atoms with Crippen LogP contribution >= 0.6 is 24.4 Å². The molecule has 0 fully saturated rings. The summed E-state index contributed by atoms with van der Waals surface area (Å²) in [4.78, 5) is 0. The molecular formula is C14H16O2S2. The van der Waals surface area contributed by atoms with Gasteiger partial charge in [0.1, 0.15) is 0 Å². The molecule has 1 rings (SSSR count). The Morgan fingerprint density at radius 3 is 2.22 bits per heavy atom. The lowest BCUT2D eigenvalue weighted by Crippen LogP contribution is -2.07. The molecule has 0 saturated carbocycles. The molecule has 0 radical (unpaired) electrons. The number of thiocarbonyl (C=S) groups is 2. The molecule has 0 N–H and O–H groups in total. The number of hydrogen-bond donors (Lipinski definition) is 0. The predicted molar refractivity (Wildman–Crippen MR) is 82.9 cm³/mol. The largest absolute Gasteiger partial charge is 0.484 e. The van der Waals surface area contributed by atoms with E-state index in [4.69, 9.17) is 33.9 Å². The first-order valence-electron chi connectivity index (χ1n) is 5.80. The molecule has 96 valence electrons. The second-order valence-electron chi connectivity index (χ2n) is 3.40. The molecule has 0 amide bonds. The lowest BCUT2D eigenvalue weighted by atomic mass is 10.1. The van der Waals surface area contributed by atoms with E-state index < -0.39 is 0 Å². The van der Waals surface area contributed by atoms with Gasteiger partial charge in [-0.2, -0.15) is 0 Å². The summed E-state index contributed by atoms with van der Waals surface area (Å²) in [5.41, 5.74) is 1.75. The van der Waals surface area contributed by atoms with E-state index in [9.17, 15) is 0 Å². The molecule has 0 aliphatic heterocycles. The maximum absolute atomic E-state index is 5.39. The van der Waals surface area contributed by atoms with Crippen molar-refractivity contribution in [3.63, 3.8) is 0 Å². The zero-order valence-corrected chi connectivity index (χ0v) is 12.1. The van der Waals surface area contributed by atoms with E-state index in [1.807, 2.05) is 44.2 Å². The predicted octanol–water partition coefficient (Wildman–Crippen LogP) is 3.80. The lowest BCUT2D eigenvalue weighted by Gasteiger charge is -2.10. The van der Waals surface area contributed by atoms with E-state index in [1.54, 1.807) is 6.08 Å². The van der Waals surface area contributed by atoms with Crippen LogP contribution in [0.1, 0.15) is 19.4 Å². The summed E-state index contributed by atoms with van der Waals surface area (Å²) in [7, 11) is 0. The Bertz CT molecular complexity index is 438. The zero-order valence-electron chi connectivity index (χ0n) is 10.5. The molecule has 2 nitrogen and oxygen atoms in total. The van der Waals surface area contributed by atoms with E-state index in [1.165, 1.54) is 0 Å². The Morgan fingerprint density at radius 1 is 1.06 bits per heavy atom. The van der Waals surface area contributed by atoms with Gasteiger partial charge in [0.15, 0.2) is 10.1 Å². The third-order valence-electron chi connectivity index (χ3n) is 2.13. The van der Waals surface area contributed by atoms with Gasteiger partial charge >= 0.3 is 0 Å². The average Bonchev–Trinajstić information content (AvgIpc) is 2.37. The third kappa shape index (κ3) is 4.55. The molecule has 0 bridgehead atoms. The van der Waals surface area contributed by atoms with E-state index in [0.29, 0.717) is 23.3 Å². The summed E-state index contributed by atoms with van der Waals surface area (Å²) in [5, 5.41) is 0.851. The molecule has 0 saturated heterocycles. The van der Waals surface area contributed by atoms with Crippen LogP contribution in [0.25, 0.3) is 5.57 Å². The van der Waals surface area contributed by atoms with E-state index >= 15 is 0 Å². The smallest absolute Gasteiger partial charge is 0.191 e. The Balaban J connectivity index is 3.03. The summed E-state index contributed by atoms with van der Waals surface area (Å²) in [6, 6.07) is 9.77. The van der Waals surface area contributed by atoms with Gasteiger partial charge in [-0.1, -0.05) is 30.3 Å². The second kappa shape index (κ2) is 7.95. The van der Waals surface area contributed by atoms with Crippen molar-refractivity contribution in [1.29, 1.82) is 0 Å². The first kappa shape index (κ1) is 14.8. The standard InChI is InChI=1S/C14H16O2S2/c1-3-15-13(17)10-12(14(18)16-4-2)11-8-6-5-7-9-11/h5-10H,3-4H2,1-2H3/b12-10-. The van der Waals surface area contributed by atoms with Crippen molar-refractivity contribution in [3.8, 4) is 0 Å². The van der Waals surface area contributed by atoms with Gasteiger partial charge in [0.2, 0.25) is 0 Å². The molecule has 0 heterocycles. The van der Waals surface area contributed by atoms with Crippen molar-refractivity contribution in [3.05, 3.63) is 42.0 Å². The zero-order chi connectivity index (χ0) is 13.4. The Morgan fingerprint density at radius 2 is 1.67 bits per heavy atom. The highest BCUT2D eigenvalue weighted by molar-refractivity contribution is 7.81. The highest BCUT2D eigenvalue weighted by Gasteiger charge is 2.10. The first-order chi connectivity index (χ1) is 8.69. The van der Waals surface area contributed by atoms with Gasteiger partial charge < -0.3 is 9.47 Å². The topological polar surface area (TPSA) is 18.5 Å². The van der Waals surface area contributed by atoms with Crippen LogP contribution in [0.4, 0.5) is 0 Å². The fourth-order valence-corrected chi connectivity index (χ4v) is 1.92. The number of hydrogen-bond acceptors (Lipinski definition) is 4. The minimum atomic E-state index is 0.415. The minimum Gasteiger partial charge on any atom is -0.484 e. The Hall–Kier alpha value is -1.26. The van der Waals surface area contributed by atoms with Crippen molar-refractivity contribution >= 4 is 40.1 Å². The van der Waals surface area contributed by atoms with Crippen LogP contribution in [0, 0.1) is 0 Å². The van der Waals surface area contributed by atoms with E-state index in [0.717, 1.165) is 11.1 Å². The normalized spacial score (nSPS) is 10.9. The summed E-state index contributed by atoms with van der Waals surface area (Å²) in [6.07, 6.45) is 1.74. The maximum Gasteiger partial charge on any atom is 0.191 e. The van der Waals surface area contributed by atoms with Crippen molar-refractivity contribution in [2.24, 2.45) is 0 Å². The quantitative estimate of drug-likeness (QED) is 0.603. The van der Waals surface area contributed by atoms with Crippen LogP contribution in [0.15, 0.2) is 36.4 Å². The molecule has 0 atom stereocenters. The van der Waals surface area contributed by atoms with Gasteiger partial charge in [0.05, 0.1) is 13.2 Å². The van der Waals surface area contributed by atoms with Crippen LogP contribution in [-0.4, -0.2) is 23.3 Å². The number of rotatable bonds is 5. The highest BCUT2D eigenvalue weighted by atomic mass is 32.1. The molecule has 1 aromatic rings.